The van der Waals surface area contributed by atoms with Crippen LogP contribution in [0.15, 0.2) is 18.2 Å². The van der Waals surface area contributed by atoms with Gasteiger partial charge in [0.1, 0.15) is 15.6 Å². The fourth-order valence-corrected chi connectivity index (χ4v) is 1.98. The second-order valence-corrected chi connectivity index (χ2v) is 6.40. The van der Waals surface area contributed by atoms with Gasteiger partial charge < -0.3 is 15.2 Å². The lowest BCUT2D eigenvalue weighted by Crippen LogP contribution is -2.18. The number of carboxylic acid groups (broad SMARTS) is 1. The number of nitrogens with one attached hydrogen (secondary N) is 1. The first-order chi connectivity index (χ1) is 9.23. The lowest BCUT2D eigenvalue weighted by atomic mass is 10.1. The number of hydrogen-bond acceptors (Lipinski definition) is 5. The van der Waals surface area contributed by atoms with Gasteiger partial charge in [0.15, 0.2) is 0 Å². The summed E-state index contributed by atoms with van der Waals surface area (Å²) in [5, 5.41) is 11.4. The van der Waals surface area contributed by atoms with Gasteiger partial charge in [0, 0.05) is 12.7 Å². The molecule has 7 nitrogen and oxygen atoms in total. The number of methoxy groups -OCH3 is 1. The molecule has 1 rings (SSSR count). The van der Waals surface area contributed by atoms with Gasteiger partial charge in [-0.2, -0.15) is 0 Å². The number of hydrogen-bond donors (Lipinski definition) is 2. The molecule has 0 saturated carbocycles. The number of anilines is 1. The predicted octanol–water partition coefficient (Wildman–Crippen LogP) is 0.767. The molecule has 20 heavy (non-hydrogen) atoms. The maximum absolute atomic E-state index is 11.6. The molecule has 0 saturated heterocycles. The van der Waals surface area contributed by atoms with Crippen LogP contribution in [0, 0.1) is 0 Å². The third-order valence-electron chi connectivity index (χ3n) is 2.43. The molecule has 0 aliphatic rings. The summed E-state index contributed by atoms with van der Waals surface area (Å²) in [5.41, 5.74) is -0.0335. The lowest BCUT2D eigenvalue weighted by molar-refractivity contribution is -0.115. The van der Waals surface area contributed by atoms with E-state index in [0.717, 1.165) is 6.26 Å². The SMILES string of the molecule is COc1ccc(NC(=O)CCS(C)(=O)=O)c(C(=O)O)c1. The van der Waals surface area contributed by atoms with Crippen LogP contribution in [-0.2, 0) is 14.6 Å². The highest BCUT2D eigenvalue weighted by molar-refractivity contribution is 7.90. The maximum atomic E-state index is 11.6. The quantitative estimate of drug-likeness (QED) is 0.803. The van der Waals surface area contributed by atoms with Crippen molar-refractivity contribution in [3.63, 3.8) is 0 Å². The number of sulfone groups is 1. The molecule has 0 radical (unpaired) electrons. The summed E-state index contributed by atoms with van der Waals surface area (Å²) in [4.78, 5) is 22.7. The van der Waals surface area contributed by atoms with Crippen LogP contribution in [-0.4, -0.2) is 44.5 Å². The van der Waals surface area contributed by atoms with E-state index in [-0.39, 0.29) is 23.4 Å². The lowest BCUT2D eigenvalue weighted by Gasteiger charge is -2.09. The van der Waals surface area contributed by atoms with Crippen molar-refractivity contribution in [2.75, 3.05) is 24.4 Å². The van der Waals surface area contributed by atoms with Crippen molar-refractivity contribution in [3.05, 3.63) is 23.8 Å². The molecule has 0 bridgehead atoms. The van der Waals surface area contributed by atoms with Crippen LogP contribution in [0.3, 0.4) is 0 Å². The molecular formula is C12H15NO6S. The monoisotopic (exact) mass is 301 g/mol. The van der Waals surface area contributed by atoms with Gasteiger partial charge in [-0.25, -0.2) is 13.2 Å². The Morgan fingerprint density at radius 2 is 2.00 bits per heavy atom. The summed E-state index contributed by atoms with van der Waals surface area (Å²) < 4.78 is 26.8. The first-order valence-corrected chi connectivity index (χ1v) is 7.68. The summed E-state index contributed by atoms with van der Waals surface area (Å²) in [7, 11) is -1.85. The smallest absolute Gasteiger partial charge is 0.337 e. The minimum Gasteiger partial charge on any atom is -0.497 e. The van der Waals surface area contributed by atoms with Gasteiger partial charge in [-0.15, -0.1) is 0 Å². The Bertz CT molecular complexity index is 623. The zero-order valence-corrected chi connectivity index (χ0v) is 11.9. The molecule has 0 spiro atoms. The Morgan fingerprint density at radius 3 is 2.50 bits per heavy atom. The van der Waals surface area contributed by atoms with Crippen LogP contribution in [0.2, 0.25) is 0 Å². The van der Waals surface area contributed by atoms with E-state index >= 15 is 0 Å². The minimum absolute atomic E-state index is 0.0943. The van der Waals surface area contributed by atoms with Gasteiger partial charge in [0.25, 0.3) is 0 Å². The zero-order chi connectivity index (χ0) is 15.3. The molecule has 0 aliphatic carbocycles. The van der Waals surface area contributed by atoms with E-state index in [1.54, 1.807) is 0 Å². The van der Waals surface area contributed by atoms with E-state index in [2.05, 4.69) is 5.32 Å². The van der Waals surface area contributed by atoms with Crippen molar-refractivity contribution >= 4 is 27.4 Å². The van der Waals surface area contributed by atoms with Crippen LogP contribution in [0.4, 0.5) is 5.69 Å². The number of amides is 1. The summed E-state index contributed by atoms with van der Waals surface area (Å²) in [6, 6.07) is 4.16. The zero-order valence-electron chi connectivity index (χ0n) is 11.0. The molecule has 0 aromatic heterocycles. The second kappa shape index (κ2) is 6.38. The van der Waals surface area contributed by atoms with E-state index in [9.17, 15) is 18.0 Å². The van der Waals surface area contributed by atoms with Gasteiger partial charge in [-0.3, -0.25) is 4.79 Å². The number of rotatable bonds is 6. The highest BCUT2D eigenvalue weighted by Crippen LogP contribution is 2.22. The molecule has 2 N–H and O–H groups in total. The summed E-state index contributed by atoms with van der Waals surface area (Å²) in [6.07, 6.45) is 0.792. The molecular weight excluding hydrogens is 286 g/mol. The van der Waals surface area contributed by atoms with Gasteiger partial charge in [0.05, 0.1) is 24.1 Å². The Kier molecular flexibility index (Phi) is 5.09. The van der Waals surface area contributed by atoms with Crippen molar-refractivity contribution in [2.45, 2.75) is 6.42 Å². The Balaban J connectivity index is 2.86. The number of ether oxygens (including phenoxy) is 1. The third-order valence-corrected chi connectivity index (χ3v) is 3.38. The number of carboxylic acids is 1. The minimum atomic E-state index is -3.25. The topological polar surface area (TPSA) is 110 Å². The van der Waals surface area contributed by atoms with E-state index < -0.39 is 21.7 Å². The molecule has 0 fully saturated rings. The van der Waals surface area contributed by atoms with Crippen molar-refractivity contribution in [1.29, 1.82) is 0 Å². The predicted molar refractivity (Wildman–Crippen MR) is 72.9 cm³/mol. The molecule has 0 unspecified atom stereocenters. The number of carbonyl (C=O) groups excluding carboxylic acids is 1. The van der Waals surface area contributed by atoms with Crippen molar-refractivity contribution in [1.82, 2.24) is 0 Å². The largest absolute Gasteiger partial charge is 0.497 e. The van der Waals surface area contributed by atoms with Gasteiger partial charge in [-0.1, -0.05) is 0 Å². The number of benzene rings is 1. The van der Waals surface area contributed by atoms with E-state index in [1.165, 1.54) is 25.3 Å². The Hall–Kier alpha value is -2.09. The van der Waals surface area contributed by atoms with Crippen molar-refractivity contribution in [2.24, 2.45) is 0 Å². The molecule has 110 valence electrons. The molecule has 1 aromatic rings. The summed E-state index contributed by atoms with van der Waals surface area (Å²) in [5.74, 6) is -1.74. The van der Waals surface area contributed by atoms with Crippen LogP contribution in [0.1, 0.15) is 16.8 Å². The standard InChI is InChI=1S/C12H15NO6S/c1-19-8-3-4-10(9(7-8)12(15)16)13-11(14)5-6-20(2,17)18/h3-4,7H,5-6H2,1-2H3,(H,13,14)(H,15,16). The highest BCUT2D eigenvalue weighted by atomic mass is 32.2. The van der Waals surface area contributed by atoms with Crippen LogP contribution < -0.4 is 10.1 Å². The van der Waals surface area contributed by atoms with Crippen molar-refractivity contribution < 1.29 is 27.9 Å². The molecule has 1 aromatic carbocycles. The van der Waals surface area contributed by atoms with E-state index in [0.29, 0.717) is 5.75 Å². The fraction of sp³-hybridized carbons (Fsp3) is 0.333. The fourth-order valence-electron chi connectivity index (χ4n) is 1.43. The van der Waals surface area contributed by atoms with Crippen LogP contribution in [0.5, 0.6) is 5.75 Å². The van der Waals surface area contributed by atoms with Gasteiger partial charge in [0.2, 0.25) is 5.91 Å². The number of carbonyl (C=O) groups is 2. The molecule has 1 amide bonds. The van der Waals surface area contributed by atoms with Gasteiger partial charge >= 0.3 is 5.97 Å². The summed E-state index contributed by atoms with van der Waals surface area (Å²) >= 11 is 0. The van der Waals surface area contributed by atoms with E-state index in [1.807, 2.05) is 0 Å². The molecule has 0 aliphatic heterocycles. The second-order valence-electron chi connectivity index (χ2n) is 4.14. The average Bonchev–Trinajstić information content (AvgIpc) is 2.35. The molecule has 0 atom stereocenters. The third kappa shape index (κ3) is 4.88. The highest BCUT2D eigenvalue weighted by Gasteiger charge is 2.15. The average molecular weight is 301 g/mol. The van der Waals surface area contributed by atoms with Gasteiger partial charge in [-0.05, 0) is 18.2 Å². The Morgan fingerprint density at radius 1 is 1.35 bits per heavy atom. The summed E-state index contributed by atoms with van der Waals surface area (Å²) in [6.45, 7) is 0. The first kappa shape index (κ1) is 16.0. The van der Waals surface area contributed by atoms with Crippen LogP contribution in [0.25, 0.3) is 0 Å². The molecule has 8 heteroatoms. The van der Waals surface area contributed by atoms with E-state index in [4.69, 9.17) is 9.84 Å². The normalized spacial score (nSPS) is 10.9. The van der Waals surface area contributed by atoms with Crippen LogP contribution >= 0.6 is 0 Å². The molecule has 0 heterocycles. The first-order valence-electron chi connectivity index (χ1n) is 5.62. The van der Waals surface area contributed by atoms with Crippen molar-refractivity contribution in [3.8, 4) is 5.75 Å². The Labute approximate surface area is 116 Å². The maximum Gasteiger partial charge on any atom is 0.337 e. The number of aromatic carboxylic acids is 1.